The van der Waals surface area contributed by atoms with Gasteiger partial charge in [-0.25, -0.2) is 9.37 Å². The molecule has 0 aliphatic carbocycles. The number of nitriles is 1. The van der Waals surface area contributed by atoms with Gasteiger partial charge in [-0.15, -0.1) is 0 Å². The molecule has 0 saturated heterocycles. The fourth-order valence-corrected chi connectivity index (χ4v) is 2.27. The van der Waals surface area contributed by atoms with Crippen LogP contribution < -0.4 is 15.6 Å². The lowest BCUT2D eigenvalue weighted by Crippen LogP contribution is -2.10. The van der Waals surface area contributed by atoms with Crippen molar-refractivity contribution >= 4 is 11.6 Å². The maximum atomic E-state index is 13.4. The maximum Gasteiger partial charge on any atom is 0.252 e. The van der Waals surface area contributed by atoms with Gasteiger partial charge >= 0.3 is 0 Å². The lowest BCUT2D eigenvalue weighted by Gasteiger charge is -2.08. The van der Waals surface area contributed by atoms with Gasteiger partial charge in [0.2, 0.25) is 5.95 Å². The molecule has 1 heterocycles. The third-order valence-electron chi connectivity index (χ3n) is 3.46. The van der Waals surface area contributed by atoms with Crippen LogP contribution in [0.1, 0.15) is 5.56 Å². The second kappa shape index (κ2) is 6.84. The molecular formula is C18H13FN4O2. The molecule has 0 unspecified atom stereocenters. The number of halogens is 1. The molecule has 6 nitrogen and oxygen atoms in total. The van der Waals surface area contributed by atoms with E-state index in [1.54, 1.807) is 37.4 Å². The van der Waals surface area contributed by atoms with Crippen molar-refractivity contribution in [2.45, 2.75) is 0 Å². The number of hydrogen-bond acceptors (Lipinski definition) is 5. The molecule has 0 aliphatic rings. The highest BCUT2D eigenvalue weighted by molar-refractivity contribution is 5.64. The molecular weight excluding hydrogens is 323 g/mol. The maximum absolute atomic E-state index is 13.4. The molecule has 3 rings (SSSR count). The minimum absolute atomic E-state index is 0.101. The Bertz CT molecular complexity index is 1020. The van der Waals surface area contributed by atoms with Crippen molar-refractivity contribution in [1.29, 1.82) is 5.26 Å². The molecule has 7 heteroatoms. The highest BCUT2D eigenvalue weighted by atomic mass is 19.1. The van der Waals surface area contributed by atoms with Crippen molar-refractivity contribution in [3.05, 3.63) is 70.3 Å². The number of anilines is 2. The van der Waals surface area contributed by atoms with Gasteiger partial charge in [0, 0.05) is 17.3 Å². The number of ether oxygens (including phenoxy) is 1. The summed E-state index contributed by atoms with van der Waals surface area (Å²) in [7, 11) is 1.55. The Labute approximate surface area is 142 Å². The van der Waals surface area contributed by atoms with E-state index in [1.807, 2.05) is 0 Å². The van der Waals surface area contributed by atoms with E-state index in [1.165, 1.54) is 24.3 Å². The average molecular weight is 336 g/mol. The number of H-pyrrole nitrogens is 1. The summed E-state index contributed by atoms with van der Waals surface area (Å²) in [6, 6.07) is 14.2. The summed E-state index contributed by atoms with van der Waals surface area (Å²) < 4.78 is 18.6. The molecule has 0 aliphatic heterocycles. The molecule has 25 heavy (non-hydrogen) atoms. The standard InChI is InChI=1S/C18H13FN4O2/c1-25-14-4-2-3-11(8-14)16-9-17(24)23-18(22-16)21-13-5-6-15(19)12(7-13)10-20/h2-9H,1H3,(H2,21,22,23,24). The van der Waals surface area contributed by atoms with E-state index in [0.717, 1.165) is 0 Å². The smallest absolute Gasteiger partial charge is 0.252 e. The number of aromatic amines is 1. The number of nitrogens with zero attached hydrogens (tertiary/aromatic N) is 2. The van der Waals surface area contributed by atoms with Gasteiger partial charge in [0.05, 0.1) is 18.4 Å². The minimum Gasteiger partial charge on any atom is -0.497 e. The zero-order valence-corrected chi connectivity index (χ0v) is 13.2. The third kappa shape index (κ3) is 3.64. The third-order valence-corrected chi connectivity index (χ3v) is 3.46. The number of aromatic nitrogens is 2. The summed E-state index contributed by atoms with van der Waals surface area (Å²) in [4.78, 5) is 18.8. The summed E-state index contributed by atoms with van der Waals surface area (Å²) in [6.45, 7) is 0. The first-order valence-electron chi connectivity index (χ1n) is 7.31. The number of rotatable bonds is 4. The Hall–Kier alpha value is -3.66. The SMILES string of the molecule is COc1cccc(-c2cc(=O)[nH]c(Nc3ccc(F)c(C#N)c3)n2)c1. The molecule has 0 saturated carbocycles. The van der Waals surface area contributed by atoms with Crippen molar-refractivity contribution in [2.24, 2.45) is 0 Å². The largest absolute Gasteiger partial charge is 0.497 e. The molecule has 0 atom stereocenters. The van der Waals surface area contributed by atoms with Crippen LogP contribution in [-0.2, 0) is 0 Å². The van der Waals surface area contributed by atoms with Crippen LogP contribution in [0.5, 0.6) is 5.75 Å². The lowest BCUT2D eigenvalue weighted by atomic mass is 10.1. The van der Waals surface area contributed by atoms with E-state index >= 15 is 0 Å². The summed E-state index contributed by atoms with van der Waals surface area (Å²) in [5.74, 6) is 0.215. The molecule has 1 aromatic heterocycles. The van der Waals surface area contributed by atoms with Crippen molar-refractivity contribution in [3.63, 3.8) is 0 Å². The van der Waals surface area contributed by atoms with Crippen LogP contribution in [0.15, 0.2) is 53.3 Å². The first-order valence-corrected chi connectivity index (χ1v) is 7.31. The molecule has 0 radical (unpaired) electrons. The lowest BCUT2D eigenvalue weighted by molar-refractivity contribution is 0.415. The van der Waals surface area contributed by atoms with Gasteiger partial charge in [0.25, 0.3) is 5.56 Å². The van der Waals surface area contributed by atoms with E-state index in [2.05, 4.69) is 15.3 Å². The molecule has 124 valence electrons. The predicted octanol–water partition coefficient (Wildman–Crippen LogP) is 3.20. The Morgan fingerprint density at radius 3 is 2.84 bits per heavy atom. The van der Waals surface area contributed by atoms with Gasteiger partial charge in [-0.1, -0.05) is 12.1 Å². The van der Waals surface area contributed by atoms with Crippen LogP contribution in [0.25, 0.3) is 11.3 Å². The Kier molecular flexibility index (Phi) is 4.44. The van der Waals surface area contributed by atoms with Crippen LogP contribution >= 0.6 is 0 Å². The molecule has 0 spiro atoms. The van der Waals surface area contributed by atoms with Crippen molar-refractivity contribution in [3.8, 4) is 23.1 Å². The summed E-state index contributed by atoms with van der Waals surface area (Å²) in [5, 5.41) is 11.8. The minimum atomic E-state index is -0.611. The topological polar surface area (TPSA) is 90.8 Å². The Morgan fingerprint density at radius 2 is 2.08 bits per heavy atom. The van der Waals surface area contributed by atoms with Gasteiger partial charge in [-0.3, -0.25) is 9.78 Å². The van der Waals surface area contributed by atoms with Gasteiger partial charge in [0.1, 0.15) is 17.6 Å². The molecule has 0 bridgehead atoms. The van der Waals surface area contributed by atoms with E-state index in [9.17, 15) is 9.18 Å². The quantitative estimate of drug-likeness (QED) is 0.763. The number of hydrogen-bond donors (Lipinski definition) is 2. The fourth-order valence-electron chi connectivity index (χ4n) is 2.27. The second-order valence-corrected chi connectivity index (χ2v) is 5.14. The first-order chi connectivity index (χ1) is 12.1. The predicted molar refractivity (Wildman–Crippen MR) is 91.2 cm³/mol. The molecule has 3 aromatic rings. The molecule has 2 N–H and O–H groups in total. The molecule has 2 aromatic carbocycles. The van der Waals surface area contributed by atoms with E-state index in [-0.39, 0.29) is 17.1 Å². The summed E-state index contributed by atoms with van der Waals surface area (Å²) in [5.41, 5.74) is 1.15. The van der Waals surface area contributed by atoms with Crippen LogP contribution in [0.2, 0.25) is 0 Å². The van der Waals surface area contributed by atoms with Crippen LogP contribution in [-0.4, -0.2) is 17.1 Å². The van der Waals surface area contributed by atoms with Crippen molar-refractivity contribution in [2.75, 3.05) is 12.4 Å². The second-order valence-electron chi connectivity index (χ2n) is 5.14. The summed E-state index contributed by atoms with van der Waals surface area (Å²) >= 11 is 0. The molecule has 0 amide bonds. The normalized spacial score (nSPS) is 10.1. The van der Waals surface area contributed by atoms with Gasteiger partial charge < -0.3 is 10.1 Å². The summed E-state index contributed by atoms with van der Waals surface area (Å²) in [6.07, 6.45) is 0. The van der Waals surface area contributed by atoms with Crippen LogP contribution in [0.4, 0.5) is 16.0 Å². The Balaban J connectivity index is 1.97. The van der Waals surface area contributed by atoms with Crippen molar-refractivity contribution < 1.29 is 9.13 Å². The van der Waals surface area contributed by atoms with Gasteiger partial charge in [0.15, 0.2) is 0 Å². The van der Waals surface area contributed by atoms with Crippen LogP contribution in [0.3, 0.4) is 0 Å². The average Bonchev–Trinajstić information content (AvgIpc) is 2.63. The number of methoxy groups -OCH3 is 1. The fraction of sp³-hybridized carbons (Fsp3) is 0.0556. The highest BCUT2D eigenvalue weighted by Crippen LogP contribution is 2.23. The Morgan fingerprint density at radius 1 is 1.24 bits per heavy atom. The van der Waals surface area contributed by atoms with Crippen molar-refractivity contribution in [1.82, 2.24) is 9.97 Å². The zero-order valence-electron chi connectivity index (χ0n) is 13.2. The van der Waals surface area contributed by atoms with Crippen LogP contribution in [0, 0.1) is 17.1 Å². The van der Waals surface area contributed by atoms with E-state index in [4.69, 9.17) is 10.00 Å². The van der Waals surface area contributed by atoms with Gasteiger partial charge in [-0.2, -0.15) is 5.26 Å². The van der Waals surface area contributed by atoms with E-state index in [0.29, 0.717) is 22.7 Å². The monoisotopic (exact) mass is 336 g/mol. The zero-order chi connectivity index (χ0) is 17.8. The number of nitrogens with one attached hydrogen (secondary N) is 2. The van der Waals surface area contributed by atoms with E-state index < -0.39 is 5.82 Å². The highest BCUT2D eigenvalue weighted by Gasteiger charge is 2.07. The number of benzene rings is 2. The first kappa shape index (κ1) is 16.2. The van der Waals surface area contributed by atoms with Gasteiger partial charge in [-0.05, 0) is 30.3 Å². The molecule has 0 fully saturated rings.